The van der Waals surface area contributed by atoms with E-state index in [0.29, 0.717) is 13.0 Å². The van der Waals surface area contributed by atoms with Gasteiger partial charge in [0.15, 0.2) is 0 Å². The molecule has 0 spiro atoms. The standard InChI is InChI=1S/C13H22O6/c1-5-7-10-16-11(14)8-9-12(15)17-19-18-13(3,4)6-2/h8-9H,5-7,10H2,1-4H3. The zero-order chi connectivity index (χ0) is 14.7. The van der Waals surface area contributed by atoms with E-state index in [4.69, 9.17) is 9.62 Å². The molecule has 0 N–H and O–H groups in total. The molecule has 6 heteroatoms. The topological polar surface area (TPSA) is 71.1 Å². The smallest absolute Gasteiger partial charge is 0.369 e. The normalized spacial score (nSPS) is 11.6. The number of carbonyl (C=O) groups is 2. The molecule has 0 aliphatic heterocycles. The van der Waals surface area contributed by atoms with Crippen LogP contribution < -0.4 is 0 Å². The van der Waals surface area contributed by atoms with E-state index in [1.54, 1.807) is 13.8 Å². The van der Waals surface area contributed by atoms with Gasteiger partial charge in [-0.05, 0) is 31.7 Å². The molecule has 0 aliphatic rings. The Morgan fingerprint density at radius 2 is 1.74 bits per heavy atom. The molecule has 0 rings (SSSR count). The van der Waals surface area contributed by atoms with Crippen molar-refractivity contribution in [3.63, 3.8) is 0 Å². The second kappa shape index (κ2) is 9.52. The van der Waals surface area contributed by atoms with Gasteiger partial charge in [-0.25, -0.2) is 9.59 Å². The van der Waals surface area contributed by atoms with Gasteiger partial charge in [0, 0.05) is 12.2 Å². The zero-order valence-corrected chi connectivity index (χ0v) is 11.9. The Hall–Kier alpha value is -1.40. The molecule has 0 saturated heterocycles. The van der Waals surface area contributed by atoms with Gasteiger partial charge < -0.3 is 4.74 Å². The zero-order valence-electron chi connectivity index (χ0n) is 11.9. The number of rotatable bonds is 9. The quantitative estimate of drug-likeness (QED) is 0.211. The molecule has 0 bridgehead atoms. The van der Waals surface area contributed by atoms with Crippen molar-refractivity contribution >= 4 is 11.9 Å². The van der Waals surface area contributed by atoms with E-state index in [9.17, 15) is 9.59 Å². The summed E-state index contributed by atoms with van der Waals surface area (Å²) < 4.78 is 4.80. The molecule has 0 radical (unpaired) electrons. The van der Waals surface area contributed by atoms with Crippen LogP contribution in [0.5, 0.6) is 0 Å². The molecule has 0 unspecified atom stereocenters. The number of hydrogen-bond donors (Lipinski definition) is 0. The van der Waals surface area contributed by atoms with Gasteiger partial charge in [-0.1, -0.05) is 20.3 Å². The van der Waals surface area contributed by atoms with Crippen molar-refractivity contribution < 1.29 is 29.1 Å². The van der Waals surface area contributed by atoms with Gasteiger partial charge in [-0.2, -0.15) is 4.89 Å². The number of ether oxygens (including phenoxy) is 1. The van der Waals surface area contributed by atoms with Crippen LogP contribution in [0, 0.1) is 0 Å². The summed E-state index contributed by atoms with van der Waals surface area (Å²) in [7, 11) is 0. The predicted molar refractivity (Wildman–Crippen MR) is 67.6 cm³/mol. The molecule has 0 aromatic heterocycles. The lowest BCUT2D eigenvalue weighted by molar-refractivity contribution is -0.515. The fraction of sp³-hybridized carbons (Fsp3) is 0.692. The monoisotopic (exact) mass is 274 g/mol. The van der Waals surface area contributed by atoms with Gasteiger partial charge >= 0.3 is 11.9 Å². The maximum Gasteiger partial charge on any atom is 0.369 e. The van der Waals surface area contributed by atoms with Gasteiger partial charge in [-0.3, -0.25) is 4.89 Å². The molecule has 0 aromatic carbocycles. The first kappa shape index (κ1) is 17.6. The first-order chi connectivity index (χ1) is 8.91. The van der Waals surface area contributed by atoms with Gasteiger partial charge in [0.1, 0.15) is 5.60 Å². The summed E-state index contributed by atoms with van der Waals surface area (Å²) in [5, 5.41) is 4.33. The molecule has 0 saturated carbocycles. The summed E-state index contributed by atoms with van der Waals surface area (Å²) in [6.07, 6.45) is 4.29. The van der Waals surface area contributed by atoms with Crippen molar-refractivity contribution in [2.24, 2.45) is 0 Å². The summed E-state index contributed by atoms with van der Waals surface area (Å²) in [4.78, 5) is 31.4. The Bertz CT molecular complexity index is 308. The fourth-order valence-electron chi connectivity index (χ4n) is 0.731. The van der Waals surface area contributed by atoms with E-state index in [2.05, 4.69) is 9.93 Å². The Morgan fingerprint density at radius 1 is 1.11 bits per heavy atom. The van der Waals surface area contributed by atoms with Crippen molar-refractivity contribution in [1.82, 2.24) is 0 Å². The van der Waals surface area contributed by atoms with E-state index in [1.165, 1.54) is 0 Å². The SMILES string of the molecule is CCCCOC(=O)C=CC(=O)OOOC(C)(C)CC. The second-order valence-electron chi connectivity index (χ2n) is 4.52. The number of esters is 1. The lowest BCUT2D eigenvalue weighted by atomic mass is 10.1. The highest BCUT2D eigenvalue weighted by atomic mass is 17.5. The van der Waals surface area contributed by atoms with Crippen LogP contribution in [0.2, 0.25) is 0 Å². The largest absolute Gasteiger partial charge is 0.463 e. The average Bonchev–Trinajstić information content (AvgIpc) is 2.36. The first-order valence-corrected chi connectivity index (χ1v) is 6.32. The maximum absolute atomic E-state index is 11.1. The van der Waals surface area contributed by atoms with Crippen molar-refractivity contribution in [1.29, 1.82) is 0 Å². The van der Waals surface area contributed by atoms with E-state index in [-0.39, 0.29) is 0 Å². The highest BCUT2D eigenvalue weighted by Gasteiger charge is 2.18. The second-order valence-corrected chi connectivity index (χ2v) is 4.52. The summed E-state index contributed by atoms with van der Waals surface area (Å²) in [6, 6.07) is 0. The molecule has 0 amide bonds. The van der Waals surface area contributed by atoms with Crippen LogP contribution in [-0.2, 0) is 29.1 Å². The van der Waals surface area contributed by atoms with E-state index in [1.807, 2.05) is 13.8 Å². The molecule has 19 heavy (non-hydrogen) atoms. The fourth-order valence-corrected chi connectivity index (χ4v) is 0.731. The third-order valence-electron chi connectivity index (χ3n) is 2.32. The number of unbranched alkanes of at least 4 members (excludes halogenated alkanes) is 1. The Morgan fingerprint density at radius 3 is 2.32 bits per heavy atom. The average molecular weight is 274 g/mol. The van der Waals surface area contributed by atoms with Crippen molar-refractivity contribution in [3.8, 4) is 0 Å². The van der Waals surface area contributed by atoms with Crippen LogP contribution in [0.1, 0.15) is 47.0 Å². The van der Waals surface area contributed by atoms with Crippen LogP contribution >= 0.6 is 0 Å². The van der Waals surface area contributed by atoms with Crippen LogP contribution in [0.25, 0.3) is 0 Å². The third kappa shape index (κ3) is 10.2. The number of carbonyl (C=O) groups excluding carboxylic acids is 2. The first-order valence-electron chi connectivity index (χ1n) is 6.32. The molecule has 0 heterocycles. The molecule has 0 fully saturated rings. The van der Waals surface area contributed by atoms with Crippen molar-refractivity contribution in [3.05, 3.63) is 12.2 Å². The molecule has 110 valence electrons. The van der Waals surface area contributed by atoms with Gasteiger partial charge in [0.05, 0.1) is 6.61 Å². The predicted octanol–water partition coefficient (Wildman–Crippen LogP) is 2.48. The minimum atomic E-state index is -0.848. The van der Waals surface area contributed by atoms with Crippen LogP contribution in [0.3, 0.4) is 0 Å². The molecule has 0 aliphatic carbocycles. The molecule has 0 aromatic rings. The minimum Gasteiger partial charge on any atom is -0.463 e. The summed E-state index contributed by atoms with van der Waals surface area (Å²) in [5.41, 5.74) is -0.553. The van der Waals surface area contributed by atoms with Crippen molar-refractivity contribution in [2.45, 2.75) is 52.6 Å². The van der Waals surface area contributed by atoms with E-state index in [0.717, 1.165) is 25.0 Å². The van der Waals surface area contributed by atoms with Gasteiger partial charge in [-0.15, -0.1) is 0 Å². The Kier molecular flexibility index (Phi) is 8.82. The highest BCUT2D eigenvalue weighted by molar-refractivity contribution is 5.91. The summed E-state index contributed by atoms with van der Waals surface area (Å²) in [5.74, 6) is -1.44. The third-order valence-corrected chi connectivity index (χ3v) is 2.32. The Balaban J connectivity index is 3.82. The minimum absolute atomic E-state index is 0.332. The highest BCUT2D eigenvalue weighted by Crippen LogP contribution is 2.13. The number of hydrogen-bond acceptors (Lipinski definition) is 6. The van der Waals surface area contributed by atoms with Crippen LogP contribution in [-0.4, -0.2) is 24.1 Å². The van der Waals surface area contributed by atoms with E-state index >= 15 is 0 Å². The molecular weight excluding hydrogens is 252 g/mol. The van der Waals surface area contributed by atoms with Gasteiger partial charge in [0.2, 0.25) is 0 Å². The molecular formula is C13H22O6. The van der Waals surface area contributed by atoms with Crippen molar-refractivity contribution in [2.75, 3.05) is 6.61 Å². The van der Waals surface area contributed by atoms with E-state index < -0.39 is 17.5 Å². The molecule has 0 atom stereocenters. The van der Waals surface area contributed by atoms with Crippen LogP contribution in [0.15, 0.2) is 12.2 Å². The maximum atomic E-state index is 11.1. The lowest BCUT2D eigenvalue weighted by Gasteiger charge is -2.19. The molecule has 6 nitrogen and oxygen atoms in total. The van der Waals surface area contributed by atoms with Crippen LogP contribution in [0.4, 0.5) is 0 Å². The summed E-state index contributed by atoms with van der Waals surface area (Å²) >= 11 is 0. The van der Waals surface area contributed by atoms with Gasteiger partial charge in [0.25, 0.3) is 0 Å². The summed E-state index contributed by atoms with van der Waals surface area (Å²) in [6.45, 7) is 7.77. The lowest BCUT2D eigenvalue weighted by Crippen LogP contribution is -2.24. The Labute approximate surface area is 113 Å².